The highest BCUT2D eigenvalue weighted by Gasteiger charge is 2.31. The van der Waals surface area contributed by atoms with Gasteiger partial charge in [0.05, 0.1) is 9.53 Å². The third-order valence-corrected chi connectivity index (χ3v) is 4.26. The molecule has 0 bridgehead atoms. The minimum absolute atomic E-state index is 0.140. The quantitative estimate of drug-likeness (QED) is 0.507. The van der Waals surface area contributed by atoms with E-state index in [0.29, 0.717) is 11.1 Å². The van der Waals surface area contributed by atoms with Crippen LogP contribution in [0.5, 0.6) is 0 Å². The molecule has 0 aromatic heterocycles. The minimum Gasteiger partial charge on any atom is -0.427 e. The zero-order valence-electron chi connectivity index (χ0n) is 13.9. The Bertz CT molecular complexity index is 669. The molecule has 0 saturated carbocycles. The molecule has 23 heavy (non-hydrogen) atoms. The highest BCUT2D eigenvalue weighted by atomic mass is 32.2. The first kappa shape index (κ1) is 19.4. The first-order valence-corrected chi connectivity index (χ1v) is 8.18. The van der Waals surface area contributed by atoms with Crippen molar-refractivity contribution in [2.24, 2.45) is 0 Å². The van der Waals surface area contributed by atoms with Crippen molar-refractivity contribution in [3.05, 3.63) is 28.8 Å². The fraction of sp³-hybridized carbons (Fsp3) is 0.500. The number of sulfonamides is 1. The molecule has 9 heteroatoms. The highest BCUT2D eigenvalue weighted by molar-refractivity contribution is 7.89. The van der Waals surface area contributed by atoms with Crippen LogP contribution in [-0.2, 0) is 24.6 Å². The molecule has 0 atom stereocenters. The molecule has 0 spiro atoms. The van der Waals surface area contributed by atoms with E-state index in [2.05, 4.69) is 9.88 Å². The van der Waals surface area contributed by atoms with Gasteiger partial charge >= 0.3 is 6.16 Å². The molecule has 0 aliphatic heterocycles. The van der Waals surface area contributed by atoms with Gasteiger partial charge in [-0.05, 0) is 57.7 Å². The zero-order chi connectivity index (χ0) is 18.0. The first-order chi connectivity index (χ1) is 10.3. The van der Waals surface area contributed by atoms with Crippen molar-refractivity contribution in [2.75, 3.05) is 0 Å². The Hall–Kier alpha value is -1.68. The average molecular weight is 347 g/mol. The number of hydrogen-bond acceptors (Lipinski definition) is 7. The maximum Gasteiger partial charge on any atom is 0.542 e. The fourth-order valence-corrected chi connectivity index (χ4v) is 3.22. The van der Waals surface area contributed by atoms with E-state index in [-0.39, 0.29) is 4.90 Å². The van der Waals surface area contributed by atoms with Crippen LogP contribution in [0, 0.1) is 20.8 Å². The van der Waals surface area contributed by atoms with Crippen molar-refractivity contribution >= 4 is 16.2 Å². The number of hydrogen-bond donors (Lipinski definition) is 1. The van der Waals surface area contributed by atoms with Crippen molar-refractivity contribution in [2.45, 2.75) is 52.0 Å². The number of carbonyl (C=O) groups is 1. The monoisotopic (exact) mass is 347 g/mol. The van der Waals surface area contributed by atoms with Gasteiger partial charge in [-0.2, -0.15) is 0 Å². The molecule has 0 aliphatic carbocycles. The molecule has 1 aromatic rings. The molecule has 0 radical (unpaired) electrons. The van der Waals surface area contributed by atoms with E-state index < -0.39 is 26.4 Å². The Labute approximate surface area is 135 Å². The predicted octanol–water partition coefficient (Wildman–Crippen LogP) is 2.79. The predicted molar refractivity (Wildman–Crippen MR) is 79.9 cm³/mol. The van der Waals surface area contributed by atoms with Crippen molar-refractivity contribution in [3.63, 3.8) is 0 Å². The van der Waals surface area contributed by atoms with E-state index in [1.165, 1.54) is 0 Å². The summed E-state index contributed by atoms with van der Waals surface area (Å²) < 4.78 is 28.8. The van der Waals surface area contributed by atoms with Crippen LogP contribution in [0.1, 0.15) is 37.5 Å². The van der Waals surface area contributed by atoms with E-state index in [1.54, 1.807) is 46.8 Å². The second-order valence-corrected chi connectivity index (χ2v) is 7.73. The summed E-state index contributed by atoms with van der Waals surface area (Å²) in [5, 5.41) is 9.59. The smallest absolute Gasteiger partial charge is 0.427 e. The second-order valence-electron chi connectivity index (χ2n) is 6.06. The lowest BCUT2D eigenvalue weighted by atomic mass is 10.1. The summed E-state index contributed by atoms with van der Waals surface area (Å²) in [6.45, 7) is 9.72. The van der Waals surface area contributed by atoms with Crippen LogP contribution in [0.15, 0.2) is 17.0 Å². The summed E-state index contributed by atoms with van der Waals surface area (Å²) in [7, 11) is -4.42. The molecule has 130 valence electrons. The lowest BCUT2D eigenvalue weighted by Crippen LogP contribution is -2.32. The molecular formula is C14H21NO7S. The molecule has 1 rings (SSSR count). The Kier molecular flexibility index (Phi) is 5.75. The maximum absolute atomic E-state index is 12.3. The van der Waals surface area contributed by atoms with Crippen LogP contribution in [0.4, 0.5) is 4.79 Å². The molecular weight excluding hydrogens is 326 g/mol. The topological polar surface area (TPSA) is 102 Å². The molecule has 0 fully saturated rings. The number of rotatable bonds is 4. The van der Waals surface area contributed by atoms with Gasteiger partial charge in [-0.1, -0.05) is 17.7 Å². The normalized spacial score (nSPS) is 12.3. The van der Waals surface area contributed by atoms with Gasteiger partial charge in [0, 0.05) is 0 Å². The molecule has 8 nitrogen and oxygen atoms in total. The van der Waals surface area contributed by atoms with E-state index in [1.807, 2.05) is 6.92 Å². The molecule has 1 N–H and O–H groups in total. The van der Waals surface area contributed by atoms with E-state index in [4.69, 9.17) is 4.74 Å². The summed E-state index contributed by atoms with van der Waals surface area (Å²) in [5.74, 6) is 0. The number of benzene rings is 1. The molecule has 0 unspecified atom stereocenters. The standard InChI is InChI=1S/C14H21NO7S/c1-9-7-10(2)12(11(3)8-9)23(18,19)15(17)22-21-13(16)20-14(4,5)6/h7-8,17H,1-6H3. The largest absolute Gasteiger partial charge is 0.542 e. The number of carbonyl (C=O) groups excluding carboxylic acids is 1. The highest BCUT2D eigenvalue weighted by Crippen LogP contribution is 2.24. The third kappa shape index (κ3) is 5.17. The molecule has 0 heterocycles. The lowest BCUT2D eigenvalue weighted by molar-refractivity contribution is -0.444. The SMILES string of the molecule is Cc1cc(C)c(S(=O)(=O)N(O)OOC(=O)OC(C)(C)C)c(C)c1. The van der Waals surface area contributed by atoms with Crippen molar-refractivity contribution in [1.29, 1.82) is 0 Å². The van der Waals surface area contributed by atoms with Crippen molar-refractivity contribution < 1.29 is 33.0 Å². The summed E-state index contributed by atoms with van der Waals surface area (Å²) in [4.78, 5) is 19.4. The van der Waals surface area contributed by atoms with E-state index in [9.17, 15) is 18.4 Å². The molecule has 1 aromatic carbocycles. The Morgan fingerprint density at radius 1 is 1.13 bits per heavy atom. The van der Waals surface area contributed by atoms with Crippen LogP contribution in [0.2, 0.25) is 0 Å². The Morgan fingerprint density at radius 3 is 2.04 bits per heavy atom. The van der Waals surface area contributed by atoms with E-state index in [0.717, 1.165) is 5.56 Å². The number of nitrogens with zero attached hydrogens (tertiary/aromatic N) is 1. The van der Waals surface area contributed by atoms with Gasteiger partial charge in [-0.25, -0.2) is 18.1 Å². The van der Waals surface area contributed by atoms with Gasteiger partial charge in [0.2, 0.25) is 0 Å². The van der Waals surface area contributed by atoms with Crippen LogP contribution < -0.4 is 0 Å². The fourth-order valence-electron chi connectivity index (χ4n) is 2.02. The average Bonchev–Trinajstić information content (AvgIpc) is 2.31. The molecule has 0 saturated heterocycles. The molecule has 0 amide bonds. The van der Waals surface area contributed by atoms with Crippen molar-refractivity contribution in [3.8, 4) is 0 Å². The summed E-state index contributed by atoms with van der Waals surface area (Å²) in [5.41, 5.74) is 0.850. The first-order valence-electron chi connectivity index (χ1n) is 6.74. The molecule has 0 aliphatic rings. The zero-order valence-corrected chi connectivity index (χ0v) is 14.7. The summed E-state index contributed by atoms with van der Waals surface area (Å²) >= 11 is 0. The summed E-state index contributed by atoms with van der Waals surface area (Å²) in [6.07, 6.45) is -1.29. The van der Waals surface area contributed by atoms with Crippen LogP contribution in [0.25, 0.3) is 0 Å². The second kappa shape index (κ2) is 6.83. The van der Waals surface area contributed by atoms with E-state index >= 15 is 0 Å². The van der Waals surface area contributed by atoms with Gasteiger partial charge in [-0.15, -0.1) is 0 Å². The van der Waals surface area contributed by atoms with Gasteiger partial charge in [0.15, 0.2) is 0 Å². The van der Waals surface area contributed by atoms with Gasteiger partial charge in [0.25, 0.3) is 10.0 Å². The summed E-state index contributed by atoms with van der Waals surface area (Å²) in [6, 6.07) is 3.28. The number of ether oxygens (including phenoxy) is 1. The van der Waals surface area contributed by atoms with Crippen LogP contribution in [-0.4, -0.2) is 30.0 Å². The number of aryl methyl sites for hydroxylation is 3. The van der Waals surface area contributed by atoms with Gasteiger partial charge in [0.1, 0.15) is 5.60 Å². The van der Waals surface area contributed by atoms with Crippen LogP contribution in [0.3, 0.4) is 0 Å². The Balaban J connectivity index is 2.91. The lowest BCUT2D eigenvalue weighted by Gasteiger charge is -2.19. The van der Waals surface area contributed by atoms with Crippen molar-refractivity contribution in [1.82, 2.24) is 4.63 Å². The third-order valence-electron chi connectivity index (χ3n) is 2.63. The Morgan fingerprint density at radius 2 is 1.61 bits per heavy atom. The van der Waals surface area contributed by atoms with Crippen LogP contribution >= 0.6 is 0 Å². The van der Waals surface area contributed by atoms with Gasteiger partial charge in [-0.3, -0.25) is 5.21 Å². The van der Waals surface area contributed by atoms with Gasteiger partial charge < -0.3 is 4.74 Å². The maximum atomic E-state index is 12.3. The minimum atomic E-state index is -4.42.